The molecule has 1 heterocycles. The molecule has 114 valence electrons. The highest BCUT2D eigenvalue weighted by molar-refractivity contribution is 7.89. The molecule has 6 heteroatoms. The Kier molecular flexibility index (Phi) is 4.56. The molecule has 0 aliphatic heterocycles. The zero-order valence-electron chi connectivity index (χ0n) is 12.4. The van der Waals surface area contributed by atoms with Crippen molar-refractivity contribution in [2.45, 2.75) is 45.2 Å². The monoisotopic (exact) mass is 300 g/mol. The molecule has 20 heavy (non-hydrogen) atoms. The molecule has 5 nitrogen and oxygen atoms in total. The van der Waals surface area contributed by atoms with Gasteiger partial charge in [0.25, 0.3) is 10.0 Å². The van der Waals surface area contributed by atoms with Crippen LogP contribution in [0.1, 0.15) is 39.4 Å². The van der Waals surface area contributed by atoms with E-state index in [0.717, 1.165) is 19.4 Å². The fraction of sp³-hybridized carbons (Fsp3) is 0.714. The molecule has 0 unspecified atom stereocenters. The van der Waals surface area contributed by atoms with Crippen molar-refractivity contribution in [3.05, 3.63) is 17.9 Å². The van der Waals surface area contributed by atoms with Crippen molar-refractivity contribution in [2.24, 2.45) is 11.3 Å². The van der Waals surface area contributed by atoms with E-state index in [2.05, 4.69) is 23.9 Å². The number of sulfonamides is 1. The fourth-order valence-electron chi connectivity index (χ4n) is 2.27. The van der Waals surface area contributed by atoms with Gasteiger partial charge in [0, 0.05) is 6.54 Å². The second kappa shape index (κ2) is 5.87. The Hall–Kier alpha value is -0.850. The number of hydrogen-bond acceptors (Lipinski definition) is 4. The SMILES string of the molecule is CCNCc1ccc(S(=O)(=O)NCC2(C(C)C)CC2)o1. The Labute approximate surface area is 121 Å². The van der Waals surface area contributed by atoms with Crippen LogP contribution in [-0.2, 0) is 16.6 Å². The summed E-state index contributed by atoms with van der Waals surface area (Å²) in [6, 6.07) is 3.22. The third-order valence-corrected chi connectivity index (χ3v) is 5.46. The van der Waals surface area contributed by atoms with Gasteiger partial charge in [-0.2, -0.15) is 0 Å². The van der Waals surface area contributed by atoms with Crippen LogP contribution >= 0.6 is 0 Å². The highest BCUT2D eigenvalue weighted by atomic mass is 32.2. The van der Waals surface area contributed by atoms with E-state index in [0.29, 0.717) is 24.8 Å². The molecule has 0 saturated heterocycles. The maximum Gasteiger partial charge on any atom is 0.273 e. The van der Waals surface area contributed by atoms with Crippen LogP contribution in [-0.4, -0.2) is 21.5 Å². The molecule has 1 aromatic rings. The lowest BCUT2D eigenvalue weighted by Gasteiger charge is -2.19. The maximum absolute atomic E-state index is 12.2. The molecular formula is C14H24N2O3S. The van der Waals surface area contributed by atoms with E-state index >= 15 is 0 Å². The number of hydrogen-bond donors (Lipinski definition) is 2. The minimum Gasteiger partial charge on any atom is -0.447 e. The van der Waals surface area contributed by atoms with Crippen LogP contribution in [0.15, 0.2) is 21.6 Å². The average molecular weight is 300 g/mol. The van der Waals surface area contributed by atoms with Gasteiger partial charge in [0.2, 0.25) is 5.09 Å². The summed E-state index contributed by atoms with van der Waals surface area (Å²) in [5.74, 6) is 1.13. The van der Waals surface area contributed by atoms with Crippen molar-refractivity contribution >= 4 is 10.0 Å². The van der Waals surface area contributed by atoms with Crippen LogP contribution in [0.25, 0.3) is 0 Å². The number of nitrogens with one attached hydrogen (secondary N) is 2. The van der Waals surface area contributed by atoms with E-state index < -0.39 is 10.0 Å². The lowest BCUT2D eigenvalue weighted by atomic mass is 9.93. The van der Waals surface area contributed by atoms with Gasteiger partial charge in [-0.1, -0.05) is 20.8 Å². The molecular weight excluding hydrogens is 276 g/mol. The predicted octanol–water partition coefficient (Wildman–Crippen LogP) is 2.10. The van der Waals surface area contributed by atoms with Crippen molar-refractivity contribution in [3.8, 4) is 0 Å². The molecule has 0 atom stereocenters. The quantitative estimate of drug-likeness (QED) is 0.771. The first-order valence-electron chi connectivity index (χ1n) is 7.19. The van der Waals surface area contributed by atoms with E-state index in [4.69, 9.17) is 4.42 Å². The minimum absolute atomic E-state index is 0.00459. The van der Waals surface area contributed by atoms with Crippen LogP contribution in [0.5, 0.6) is 0 Å². The summed E-state index contributed by atoms with van der Waals surface area (Å²) in [4.78, 5) is 0. The van der Waals surface area contributed by atoms with Crippen LogP contribution in [0.4, 0.5) is 0 Å². The van der Waals surface area contributed by atoms with Gasteiger partial charge in [-0.05, 0) is 42.9 Å². The lowest BCUT2D eigenvalue weighted by Crippen LogP contribution is -2.32. The van der Waals surface area contributed by atoms with Gasteiger partial charge in [-0.25, -0.2) is 13.1 Å². The van der Waals surface area contributed by atoms with Crippen LogP contribution < -0.4 is 10.0 Å². The summed E-state index contributed by atoms with van der Waals surface area (Å²) in [7, 11) is -3.54. The fourth-order valence-corrected chi connectivity index (χ4v) is 3.36. The van der Waals surface area contributed by atoms with Gasteiger partial charge in [-0.3, -0.25) is 0 Å². The Bertz CT molecular complexity index is 545. The topological polar surface area (TPSA) is 71.3 Å². The molecule has 0 radical (unpaired) electrons. The average Bonchev–Trinajstić information content (AvgIpc) is 3.05. The molecule has 2 N–H and O–H groups in total. The van der Waals surface area contributed by atoms with Gasteiger partial charge in [-0.15, -0.1) is 0 Å². The van der Waals surface area contributed by atoms with Crippen LogP contribution in [0.2, 0.25) is 0 Å². The summed E-state index contributed by atoms with van der Waals surface area (Å²) >= 11 is 0. The molecule has 1 fully saturated rings. The normalized spacial score (nSPS) is 17.6. The number of furan rings is 1. The van der Waals surface area contributed by atoms with E-state index in [1.54, 1.807) is 6.07 Å². The lowest BCUT2D eigenvalue weighted by molar-refractivity contribution is 0.353. The molecule has 1 aromatic heterocycles. The van der Waals surface area contributed by atoms with Gasteiger partial charge in [0.1, 0.15) is 5.76 Å². The summed E-state index contributed by atoms with van der Waals surface area (Å²) in [5, 5.41) is 3.11. The van der Waals surface area contributed by atoms with Crippen LogP contribution in [0.3, 0.4) is 0 Å². The first-order chi connectivity index (χ1) is 9.39. The van der Waals surface area contributed by atoms with E-state index in [-0.39, 0.29) is 10.5 Å². The standard InChI is InChI=1S/C14H24N2O3S/c1-4-15-9-12-5-6-13(19-12)20(17,18)16-10-14(7-8-14)11(2)3/h5-6,11,15-16H,4,7-10H2,1-3H3. The molecule has 0 amide bonds. The van der Waals surface area contributed by atoms with Crippen molar-refractivity contribution < 1.29 is 12.8 Å². The maximum atomic E-state index is 12.2. The molecule has 1 aliphatic rings. The van der Waals surface area contributed by atoms with Crippen molar-refractivity contribution in [1.82, 2.24) is 10.0 Å². The molecule has 0 bridgehead atoms. The summed E-state index contributed by atoms with van der Waals surface area (Å²) < 4.78 is 32.5. The second-order valence-electron chi connectivity index (χ2n) is 5.84. The second-order valence-corrected chi connectivity index (χ2v) is 7.54. The number of rotatable bonds is 8. The van der Waals surface area contributed by atoms with Crippen molar-refractivity contribution in [3.63, 3.8) is 0 Å². The minimum atomic E-state index is -3.54. The van der Waals surface area contributed by atoms with E-state index in [1.807, 2.05) is 6.92 Å². The Morgan fingerprint density at radius 1 is 1.35 bits per heavy atom. The van der Waals surface area contributed by atoms with Gasteiger partial charge >= 0.3 is 0 Å². The summed E-state index contributed by atoms with van der Waals surface area (Å²) in [5.41, 5.74) is 0.145. The van der Waals surface area contributed by atoms with Crippen molar-refractivity contribution in [2.75, 3.05) is 13.1 Å². The largest absolute Gasteiger partial charge is 0.447 e. The van der Waals surface area contributed by atoms with Crippen LogP contribution in [0, 0.1) is 11.3 Å². The van der Waals surface area contributed by atoms with E-state index in [1.165, 1.54) is 6.07 Å². The predicted molar refractivity (Wildman–Crippen MR) is 77.8 cm³/mol. The third kappa shape index (κ3) is 3.42. The molecule has 0 spiro atoms. The Morgan fingerprint density at radius 2 is 2.05 bits per heavy atom. The smallest absolute Gasteiger partial charge is 0.273 e. The Morgan fingerprint density at radius 3 is 2.60 bits per heavy atom. The highest BCUT2D eigenvalue weighted by Crippen LogP contribution is 2.51. The molecule has 1 saturated carbocycles. The van der Waals surface area contributed by atoms with Crippen molar-refractivity contribution in [1.29, 1.82) is 0 Å². The Balaban J connectivity index is 1.98. The van der Waals surface area contributed by atoms with E-state index in [9.17, 15) is 8.42 Å². The summed E-state index contributed by atoms with van der Waals surface area (Å²) in [6.07, 6.45) is 2.19. The van der Waals surface area contributed by atoms with Gasteiger partial charge < -0.3 is 9.73 Å². The zero-order valence-corrected chi connectivity index (χ0v) is 13.2. The first-order valence-corrected chi connectivity index (χ1v) is 8.67. The highest BCUT2D eigenvalue weighted by Gasteiger charge is 2.45. The zero-order chi connectivity index (χ0) is 14.8. The van der Waals surface area contributed by atoms with Gasteiger partial charge in [0.05, 0.1) is 6.54 Å². The third-order valence-electron chi connectivity index (χ3n) is 4.18. The molecule has 1 aliphatic carbocycles. The molecule has 2 rings (SSSR count). The van der Waals surface area contributed by atoms with Gasteiger partial charge in [0.15, 0.2) is 0 Å². The first kappa shape index (κ1) is 15.5. The summed E-state index contributed by atoms with van der Waals surface area (Å²) in [6.45, 7) is 8.13. The molecule has 0 aromatic carbocycles.